The van der Waals surface area contributed by atoms with Gasteiger partial charge in [-0.15, -0.1) is 0 Å². The second kappa shape index (κ2) is 7.33. The number of hydrogen-bond acceptors (Lipinski definition) is 4. The van der Waals surface area contributed by atoms with Crippen LogP contribution in [0.5, 0.6) is 6.01 Å². The maximum absolute atomic E-state index is 5.39. The minimum absolute atomic E-state index is 0.389. The summed E-state index contributed by atoms with van der Waals surface area (Å²) in [7, 11) is 0. The van der Waals surface area contributed by atoms with Crippen LogP contribution < -0.4 is 4.74 Å². The Hall–Kier alpha value is -1.97. The molecule has 0 aromatic carbocycles. The van der Waals surface area contributed by atoms with Gasteiger partial charge < -0.3 is 4.74 Å². The van der Waals surface area contributed by atoms with E-state index in [4.69, 9.17) is 4.74 Å². The van der Waals surface area contributed by atoms with Crippen LogP contribution in [0.25, 0.3) is 0 Å². The van der Waals surface area contributed by atoms with Crippen LogP contribution in [0.3, 0.4) is 0 Å². The molecule has 4 nitrogen and oxygen atoms in total. The van der Waals surface area contributed by atoms with E-state index in [1.165, 1.54) is 0 Å². The third-order valence-corrected chi connectivity index (χ3v) is 1.85. The summed E-state index contributed by atoms with van der Waals surface area (Å²) in [6, 6.07) is 7.90. The third-order valence-electron chi connectivity index (χ3n) is 1.85. The molecule has 0 aliphatic carbocycles. The molecule has 0 saturated heterocycles. The van der Waals surface area contributed by atoms with Crippen molar-refractivity contribution in [3.05, 3.63) is 48.0 Å². The van der Waals surface area contributed by atoms with E-state index in [9.17, 15) is 0 Å². The highest BCUT2D eigenvalue weighted by atomic mass is 16.5. The molecular weight excluding hydrogens is 214 g/mol. The van der Waals surface area contributed by atoms with E-state index in [2.05, 4.69) is 15.0 Å². The van der Waals surface area contributed by atoms with Gasteiger partial charge in [0, 0.05) is 18.1 Å². The highest BCUT2D eigenvalue weighted by Crippen LogP contribution is 2.04. The quantitative estimate of drug-likeness (QED) is 0.815. The van der Waals surface area contributed by atoms with E-state index in [-0.39, 0.29) is 0 Å². The van der Waals surface area contributed by atoms with E-state index in [0.29, 0.717) is 12.6 Å². The summed E-state index contributed by atoms with van der Waals surface area (Å²) in [5, 5.41) is 0. The van der Waals surface area contributed by atoms with Crippen molar-refractivity contribution in [1.82, 2.24) is 15.0 Å². The standard InChI is InChI=1S/C11H11N3O.C2H6/c1-9-5-7-13-11(14-9)15-8-10-4-2-3-6-12-10;1-2/h2-7H,8H2,1H3;1-2H3. The molecule has 0 saturated carbocycles. The van der Waals surface area contributed by atoms with E-state index in [1.807, 2.05) is 45.0 Å². The fourth-order valence-electron chi connectivity index (χ4n) is 1.12. The Morgan fingerprint density at radius 1 is 1.06 bits per heavy atom. The Morgan fingerprint density at radius 2 is 1.88 bits per heavy atom. The number of aryl methyl sites for hydroxylation is 1. The van der Waals surface area contributed by atoms with Gasteiger partial charge in [0.05, 0.1) is 5.69 Å². The second-order valence-corrected chi connectivity index (χ2v) is 3.09. The number of rotatable bonds is 3. The first-order chi connectivity index (χ1) is 8.34. The topological polar surface area (TPSA) is 47.9 Å². The van der Waals surface area contributed by atoms with E-state index in [1.54, 1.807) is 12.4 Å². The highest BCUT2D eigenvalue weighted by molar-refractivity contribution is 5.05. The average molecular weight is 231 g/mol. The van der Waals surface area contributed by atoms with Gasteiger partial charge in [0.2, 0.25) is 0 Å². The molecule has 0 aliphatic heterocycles. The van der Waals surface area contributed by atoms with Crippen molar-refractivity contribution in [3.63, 3.8) is 0 Å². The third kappa shape index (κ3) is 4.59. The fraction of sp³-hybridized carbons (Fsp3) is 0.308. The molecule has 0 N–H and O–H groups in total. The van der Waals surface area contributed by atoms with Crippen molar-refractivity contribution >= 4 is 0 Å². The minimum Gasteiger partial charge on any atom is -0.457 e. The van der Waals surface area contributed by atoms with Crippen molar-refractivity contribution in [2.45, 2.75) is 27.4 Å². The van der Waals surface area contributed by atoms with Crippen LogP contribution in [0.4, 0.5) is 0 Å². The van der Waals surface area contributed by atoms with Gasteiger partial charge in [-0.25, -0.2) is 9.97 Å². The molecule has 0 radical (unpaired) electrons. The summed E-state index contributed by atoms with van der Waals surface area (Å²) in [5.41, 5.74) is 1.75. The van der Waals surface area contributed by atoms with Gasteiger partial charge in [-0.3, -0.25) is 4.98 Å². The van der Waals surface area contributed by atoms with Gasteiger partial charge in [-0.05, 0) is 25.1 Å². The molecule has 2 aromatic heterocycles. The maximum atomic E-state index is 5.39. The molecule has 0 fully saturated rings. The van der Waals surface area contributed by atoms with Gasteiger partial charge in [0.25, 0.3) is 0 Å². The zero-order valence-electron chi connectivity index (χ0n) is 10.4. The number of aromatic nitrogens is 3. The highest BCUT2D eigenvalue weighted by Gasteiger charge is 1.98. The number of nitrogens with zero attached hydrogens (tertiary/aromatic N) is 3. The molecule has 2 aromatic rings. The van der Waals surface area contributed by atoms with Gasteiger partial charge in [-0.1, -0.05) is 19.9 Å². The van der Waals surface area contributed by atoms with E-state index < -0.39 is 0 Å². The minimum atomic E-state index is 0.389. The second-order valence-electron chi connectivity index (χ2n) is 3.09. The molecule has 0 aliphatic rings. The van der Waals surface area contributed by atoms with Crippen LogP contribution in [0, 0.1) is 6.92 Å². The molecule has 0 unspecified atom stereocenters. The van der Waals surface area contributed by atoms with E-state index >= 15 is 0 Å². The summed E-state index contributed by atoms with van der Waals surface area (Å²) < 4.78 is 5.39. The molecule has 0 atom stereocenters. The molecule has 4 heteroatoms. The van der Waals surface area contributed by atoms with Crippen molar-refractivity contribution < 1.29 is 4.74 Å². The Bertz CT molecular complexity index is 432. The summed E-state index contributed by atoms with van der Waals surface area (Å²) in [6.07, 6.45) is 3.41. The van der Waals surface area contributed by atoms with Crippen LogP contribution in [0.15, 0.2) is 36.7 Å². The van der Waals surface area contributed by atoms with Crippen LogP contribution in [0.1, 0.15) is 25.2 Å². The Kier molecular flexibility index (Phi) is 5.64. The predicted octanol–water partition coefficient (Wildman–Crippen LogP) is 2.79. The summed E-state index contributed by atoms with van der Waals surface area (Å²) in [6.45, 7) is 6.29. The number of pyridine rings is 1. The molecule has 2 heterocycles. The number of ether oxygens (including phenoxy) is 1. The lowest BCUT2D eigenvalue weighted by Gasteiger charge is -2.03. The summed E-state index contributed by atoms with van der Waals surface area (Å²) in [4.78, 5) is 12.3. The van der Waals surface area contributed by atoms with Gasteiger partial charge in [0.15, 0.2) is 0 Å². The van der Waals surface area contributed by atoms with Crippen LogP contribution in [-0.2, 0) is 6.61 Å². The maximum Gasteiger partial charge on any atom is 0.316 e. The fourth-order valence-corrected chi connectivity index (χ4v) is 1.12. The van der Waals surface area contributed by atoms with Gasteiger partial charge in [0.1, 0.15) is 6.61 Å². The van der Waals surface area contributed by atoms with Crippen molar-refractivity contribution in [2.75, 3.05) is 0 Å². The first-order valence-corrected chi connectivity index (χ1v) is 5.67. The Labute approximate surface area is 102 Å². The van der Waals surface area contributed by atoms with Crippen molar-refractivity contribution in [3.8, 4) is 6.01 Å². The molecule has 0 spiro atoms. The first-order valence-electron chi connectivity index (χ1n) is 5.67. The zero-order valence-corrected chi connectivity index (χ0v) is 10.4. The first kappa shape index (κ1) is 13.1. The molecule has 90 valence electrons. The predicted molar refractivity (Wildman–Crippen MR) is 66.7 cm³/mol. The SMILES string of the molecule is CC.Cc1ccnc(OCc2ccccn2)n1. The average Bonchev–Trinajstić information content (AvgIpc) is 2.40. The van der Waals surface area contributed by atoms with Crippen molar-refractivity contribution in [1.29, 1.82) is 0 Å². The van der Waals surface area contributed by atoms with Crippen LogP contribution in [-0.4, -0.2) is 15.0 Å². The largest absolute Gasteiger partial charge is 0.457 e. The van der Waals surface area contributed by atoms with Crippen LogP contribution in [0.2, 0.25) is 0 Å². The van der Waals surface area contributed by atoms with Gasteiger partial charge >= 0.3 is 6.01 Å². The van der Waals surface area contributed by atoms with Crippen molar-refractivity contribution in [2.24, 2.45) is 0 Å². The normalized spacial score (nSPS) is 9.12. The summed E-state index contributed by atoms with van der Waals surface area (Å²) in [5.74, 6) is 0. The van der Waals surface area contributed by atoms with E-state index in [0.717, 1.165) is 11.4 Å². The molecule has 0 bridgehead atoms. The Morgan fingerprint density at radius 3 is 2.53 bits per heavy atom. The number of hydrogen-bond donors (Lipinski definition) is 0. The molecule has 0 amide bonds. The lowest BCUT2D eigenvalue weighted by molar-refractivity contribution is 0.275. The Balaban J connectivity index is 0.000000686. The molecular formula is C13H17N3O. The van der Waals surface area contributed by atoms with Crippen LogP contribution >= 0.6 is 0 Å². The lowest BCUT2D eigenvalue weighted by Crippen LogP contribution is -2.01. The zero-order chi connectivity index (χ0) is 12.5. The molecule has 17 heavy (non-hydrogen) atoms. The summed E-state index contributed by atoms with van der Waals surface area (Å²) >= 11 is 0. The smallest absolute Gasteiger partial charge is 0.316 e. The monoisotopic (exact) mass is 231 g/mol. The molecule has 2 rings (SSSR count). The lowest BCUT2D eigenvalue weighted by atomic mass is 10.4. The van der Waals surface area contributed by atoms with Gasteiger partial charge in [-0.2, -0.15) is 0 Å².